The number of hydrogen-bond donors (Lipinski definition) is 0. The molecule has 1 heterocycles. The Morgan fingerprint density at radius 3 is 3.00 bits per heavy atom. The van der Waals surface area contributed by atoms with E-state index in [0.29, 0.717) is 15.4 Å². The van der Waals surface area contributed by atoms with Crippen LogP contribution < -0.4 is 0 Å². The van der Waals surface area contributed by atoms with Gasteiger partial charge in [-0.2, -0.15) is 0 Å². The maximum absolute atomic E-state index is 11.5. The van der Waals surface area contributed by atoms with Gasteiger partial charge in [0, 0.05) is 16.8 Å². The first-order chi connectivity index (χ1) is 9.06. The Bertz CT molecular complexity index is 484. The molecule has 0 aromatic heterocycles. The van der Waals surface area contributed by atoms with Crippen LogP contribution in [0.1, 0.15) is 22.6 Å². The van der Waals surface area contributed by atoms with Gasteiger partial charge in [-0.1, -0.05) is 48.2 Å². The molecule has 0 spiro atoms. The zero-order valence-electron chi connectivity index (χ0n) is 11.2. The number of aryl methyl sites for hydroxylation is 1. The molecule has 1 fully saturated rings. The smallest absolute Gasteiger partial charge is 0.214 e. The van der Waals surface area contributed by atoms with E-state index in [1.165, 1.54) is 22.9 Å². The maximum Gasteiger partial charge on any atom is 0.214 e. The molecule has 19 heavy (non-hydrogen) atoms. The number of carbonyl (C=O) groups is 1. The molecule has 102 valence electrons. The summed E-state index contributed by atoms with van der Waals surface area (Å²) in [6.45, 7) is 7.60. The highest BCUT2D eigenvalue weighted by molar-refractivity contribution is 8.21. The van der Waals surface area contributed by atoms with Crippen molar-refractivity contribution in [3.63, 3.8) is 0 Å². The molecule has 0 saturated carbocycles. The lowest BCUT2D eigenvalue weighted by atomic mass is 10.2. The third-order valence-corrected chi connectivity index (χ3v) is 7.56. The van der Waals surface area contributed by atoms with E-state index in [1.807, 2.05) is 23.5 Å². The second-order valence-corrected chi connectivity index (χ2v) is 8.56. The molecule has 0 aliphatic carbocycles. The van der Waals surface area contributed by atoms with Gasteiger partial charge in [0.1, 0.15) is 0 Å². The second-order valence-electron chi connectivity index (χ2n) is 4.72. The molecule has 1 saturated heterocycles. The molecule has 2 unspecified atom stereocenters. The van der Waals surface area contributed by atoms with E-state index in [1.54, 1.807) is 6.92 Å². The zero-order valence-corrected chi connectivity index (χ0v) is 13.7. The molecular weight excluding hydrogens is 292 g/mol. The van der Waals surface area contributed by atoms with E-state index in [4.69, 9.17) is 0 Å². The van der Waals surface area contributed by atoms with Crippen LogP contribution in [0.4, 0.5) is 0 Å². The standard InChI is InChI=1S/C15H18OS3/c1-10(2)14(16)17-8-13-9-18-15(19-13)12-6-4-5-11(3)7-12/h4-7,13,15H,1,8-9H2,2-3H3. The largest absolute Gasteiger partial charge is 0.282 e. The average molecular weight is 311 g/mol. The lowest BCUT2D eigenvalue weighted by Crippen LogP contribution is -2.07. The summed E-state index contributed by atoms with van der Waals surface area (Å²) in [6, 6.07) is 8.72. The lowest BCUT2D eigenvalue weighted by molar-refractivity contribution is -0.107. The Labute approximate surface area is 128 Å². The molecule has 1 nitrogen and oxygen atoms in total. The van der Waals surface area contributed by atoms with Crippen LogP contribution in [0, 0.1) is 6.92 Å². The van der Waals surface area contributed by atoms with Crippen molar-refractivity contribution in [2.75, 3.05) is 11.5 Å². The van der Waals surface area contributed by atoms with Crippen molar-refractivity contribution >= 4 is 40.4 Å². The monoisotopic (exact) mass is 310 g/mol. The minimum atomic E-state index is 0.129. The van der Waals surface area contributed by atoms with Gasteiger partial charge in [-0.05, 0) is 25.0 Å². The first-order valence-corrected chi connectivity index (χ1v) is 9.20. The van der Waals surface area contributed by atoms with Crippen molar-refractivity contribution in [3.05, 3.63) is 47.5 Å². The van der Waals surface area contributed by atoms with Gasteiger partial charge in [0.2, 0.25) is 5.12 Å². The molecule has 1 aliphatic rings. The van der Waals surface area contributed by atoms with Crippen molar-refractivity contribution in [2.24, 2.45) is 0 Å². The van der Waals surface area contributed by atoms with Crippen LogP contribution in [0.2, 0.25) is 0 Å². The van der Waals surface area contributed by atoms with E-state index >= 15 is 0 Å². The number of carbonyl (C=O) groups excluding carboxylic acids is 1. The van der Waals surface area contributed by atoms with E-state index < -0.39 is 0 Å². The van der Waals surface area contributed by atoms with Crippen molar-refractivity contribution < 1.29 is 4.79 Å². The lowest BCUT2D eigenvalue weighted by Gasteiger charge is -2.11. The summed E-state index contributed by atoms with van der Waals surface area (Å²) in [7, 11) is 0. The van der Waals surface area contributed by atoms with E-state index in [2.05, 4.69) is 37.8 Å². The Balaban J connectivity index is 1.86. The minimum Gasteiger partial charge on any atom is -0.282 e. The molecular formula is C15H18OS3. The van der Waals surface area contributed by atoms with Gasteiger partial charge in [0.25, 0.3) is 0 Å². The fraction of sp³-hybridized carbons (Fsp3) is 0.400. The van der Waals surface area contributed by atoms with Crippen LogP contribution in [0.25, 0.3) is 0 Å². The van der Waals surface area contributed by atoms with Crippen LogP contribution in [0.5, 0.6) is 0 Å². The van der Waals surface area contributed by atoms with E-state index in [-0.39, 0.29) is 5.12 Å². The van der Waals surface area contributed by atoms with Crippen molar-refractivity contribution in [3.8, 4) is 0 Å². The summed E-state index contributed by atoms with van der Waals surface area (Å²) >= 11 is 5.38. The molecule has 0 amide bonds. The molecule has 0 bridgehead atoms. The molecule has 1 aromatic rings. The SMILES string of the molecule is C=C(C)C(=O)SCC1CSC(c2cccc(C)c2)S1. The predicted molar refractivity (Wildman–Crippen MR) is 90.0 cm³/mol. The second kappa shape index (κ2) is 6.91. The highest BCUT2D eigenvalue weighted by Crippen LogP contribution is 2.50. The quantitative estimate of drug-likeness (QED) is 0.751. The number of thioether (sulfide) groups is 3. The average Bonchev–Trinajstić information content (AvgIpc) is 2.84. The van der Waals surface area contributed by atoms with Gasteiger partial charge in [-0.25, -0.2) is 0 Å². The topological polar surface area (TPSA) is 17.1 Å². The fourth-order valence-electron chi connectivity index (χ4n) is 1.82. The highest BCUT2D eigenvalue weighted by Gasteiger charge is 2.27. The van der Waals surface area contributed by atoms with Gasteiger partial charge in [-0.3, -0.25) is 4.79 Å². The highest BCUT2D eigenvalue weighted by atomic mass is 32.2. The Morgan fingerprint density at radius 1 is 1.53 bits per heavy atom. The summed E-state index contributed by atoms with van der Waals surface area (Å²) < 4.78 is 0.519. The number of benzene rings is 1. The van der Waals surface area contributed by atoms with Crippen LogP contribution in [-0.2, 0) is 4.79 Å². The Hall–Kier alpha value is -0.320. The predicted octanol–water partition coefficient (Wildman–Crippen LogP) is 4.68. The summed E-state index contributed by atoms with van der Waals surface area (Å²) in [6.07, 6.45) is 0. The molecule has 2 atom stereocenters. The van der Waals surface area contributed by atoms with E-state index in [0.717, 1.165) is 11.5 Å². The third-order valence-electron chi connectivity index (χ3n) is 2.81. The van der Waals surface area contributed by atoms with Crippen LogP contribution >= 0.6 is 35.3 Å². The minimum absolute atomic E-state index is 0.129. The summed E-state index contributed by atoms with van der Waals surface area (Å²) in [5.74, 6) is 2.02. The molecule has 1 aromatic carbocycles. The third kappa shape index (κ3) is 4.33. The molecule has 1 aliphatic heterocycles. The van der Waals surface area contributed by atoms with Crippen LogP contribution in [0.3, 0.4) is 0 Å². The number of rotatable bonds is 4. The normalized spacial score (nSPS) is 22.4. The van der Waals surface area contributed by atoms with Crippen LogP contribution in [0.15, 0.2) is 36.4 Å². The summed E-state index contributed by atoms with van der Waals surface area (Å²) in [5, 5.41) is 0.688. The summed E-state index contributed by atoms with van der Waals surface area (Å²) in [5.41, 5.74) is 3.36. The van der Waals surface area contributed by atoms with Crippen LogP contribution in [-0.4, -0.2) is 21.9 Å². The first-order valence-electron chi connectivity index (χ1n) is 6.22. The van der Waals surface area contributed by atoms with Gasteiger partial charge in [0.05, 0.1) is 4.58 Å². The van der Waals surface area contributed by atoms with Gasteiger partial charge in [-0.15, -0.1) is 23.5 Å². The summed E-state index contributed by atoms with van der Waals surface area (Å²) in [4.78, 5) is 11.5. The Kier molecular flexibility index (Phi) is 5.48. The van der Waals surface area contributed by atoms with Crippen molar-refractivity contribution in [2.45, 2.75) is 23.7 Å². The van der Waals surface area contributed by atoms with E-state index in [9.17, 15) is 4.79 Å². The fourth-order valence-corrected chi connectivity index (χ4v) is 6.26. The van der Waals surface area contributed by atoms with Gasteiger partial charge in [0.15, 0.2) is 0 Å². The van der Waals surface area contributed by atoms with Gasteiger partial charge < -0.3 is 0 Å². The van der Waals surface area contributed by atoms with Gasteiger partial charge >= 0.3 is 0 Å². The zero-order chi connectivity index (χ0) is 13.8. The Morgan fingerprint density at radius 2 is 2.32 bits per heavy atom. The molecule has 0 radical (unpaired) electrons. The number of hydrogen-bond acceptors (Lipinski definition) is 4. The first kappa shape index (κ1) is 15.1. The molecule has 4 heteroatoms. The van der Waals surface area contributed by atoms with Crippen molar-refractivity contribution in [1.82, 2.24) is 0 Å². The molecule has 2 rings (SSSR count). The molecule has 0 N–H and O–H groups in total. The maximum atomic E-state index is 11.5. The van der Waals surface area contributed by atoms with Crippen molar-refractivity contribution in [1.29, 1.82) is 0 Å².